The van der Waals surface area contributed by atoms with E-state index in [1.54, 1.807) is 0 Å². The van der Waals surface area contributed by atoms with Crippen molar-refractivity contribution in [1.29, 1.82) is 0 Å². The molecule has 2 rings (SSSR count). The second kappa shape index (κ2) is 5.99. The second-order valence-electron chi connectivity index (χ2n) is 5.60. The molecule has 3 nitrogen and oxygen atoms in total. The zero-order valence-electron chi connectivity index (χ0n) is 10.5. The number of nitrogens with one attached hydrogen (secondary N) is 1. The van der Waals surface area contributed by atoms with Crippen LogP contribution in [0, 0.1) is 11.8 Å². The summed E-state index contributed by atoms with van der Waals surface area (Å²) in [5.41, 5.74) is 5.92. The van der Waals surface area contributed by atoms with Crippen LogP contribution >= 0.6 is 0 Å². The molecule has 0 aromatic carbocycles. The van der Waals surface area contributed by atoms with Gasteiger partial charge in [-0.2, -0.15) is 0 Å². The van der Waals surface area contributed by atoms with Gasteiger partial charge in [0.2, 0.25) is 0 Å². The zero-order valence-corrected chi connectivity index (χ0v) is 10.5. The predicted octanol–water partition coefficient (Wildman–Crippen LogP) is 1.52. The lowest BCUT2D eigenvalue weighted by atomic mass is 9.86. The van der Waals surface area contributed by atoms with Gasteiger partial charge in [0.25, 0.3) is 0 Å². The topological polar surface area (TPSA) is 47.3 Å². The quantitative estimate of drug-likeness (QED) is 0.764. The Hall–Kier alpha value is -0.120. The maximum Gasteiger partial charge on any atom is 0.0509 e. The molecule has 2 unspecified atom stereocenters. The third kappa shape index (κ3) is 3.44. The van der Waals surface area contributed by atoms with Gasteiger partial charge in [0.1, 0.15) is 0 Å². The highest BCUT2D eigenvalue weighted by molar-refractivity contribution is 4.79. The van der Waals surface area contributed by atoms with Crippen LogP contribution in [0.4, 0.5) is 0 Å². The van der Waals surface area contributed by atoms with Gasteiger partial charge in [-0.05, 0) is 57.4 Å². The van der Waals surface area contributed by atoms with Crippen molar-refractivity contribution in [2.45, 2.75) is 51.1 Å². The van der Waals surface area contributed by atoms with Crippen LogP contribution in [-0.4, -0.2) is 31.8 Å². The summed E-state index contributed by atoms with van der Waals surface area (Å²) in [4.78, 5) is 0. The third-order valence-corrected chi connectivity index (χ3v) is 4.29. The van der Waals surface area contributed by atoms with Crippen molar-refractivity contribution in [3.8, 4) is 0 Å². The van der Waals surface area contributed by atoms with E-state index in [1.807, 2.05) is 0 Å². The summed E-state index contributed by atoms with van der Waals surface area (Å²) in [6.45, 7) is 5.37. The summed E-state index contributed by atoms with van der Waals surface area (Å²) >= 11 is 0. The average molecular weight is 226 g/mol. The Morgan fingerprint density at radius 1 is 1.25 bits per heavy atom. The lowest BCUT2D eigenvalue weighted by Crippen LogP contribution is -2.39. The Balaban J connectivity index is 1.62. The van der Waals surface area contributed by atoms with E-state index in [0.717, 1.165) is 25.0 Å². The monoisotopic (exact) mass is 226 g/mol. The standard InChI is InChI=1S/C13H26N2O/c1-10(12-6-7-16-9-12)15-8-11-2-4-13(14)5-3-11/h10-13,15H,2-9,14H2,1H3. The van der Waals surface area contributed by atoms with Gasteiger partial charge in [0.05, 0.1) is 6.61 Å². The number of hydrogen-bond donors (Lipinski definition) is 2. The number of hydrogen-bond acceptors (Lipinski definition) is 3. The minimum atomic E-state index is 0.469. The first-order valence-corrected chi connectivity index (χ1v) is 6.82. The fourth-order valence-electron chi connectivity index (χ4n) is 2.86. The van der Waals surface area contributed by atoms with Crippen LogP contribution in [0.15, 0.2) is 0 Å². The first-order chi connectivity index (χ1) is 7.75. The molecule has 1 saturated carbocycles. The van der Waals surface area contributed by atoms with Gasteiger partial charge in [-0.1, -0.05) is 0 Å². The summed E-state index contributed by atoms with van der Waals surface area (Å²) < 4.78 is 5.43. The Morgan fingerprint density at radius 2 is 2.00 bits per heavy atom. The van der Waals surface area contributed by atoms with E-state index < -0.39 is 0 Å². The second-order valence-corrected chi connectivity index (χ2v) is 5.60. The summed E-state index contributed by atoms with van der Waals surface area (Å²) in [6, 6.07) is 1.08. The largest absolute Gasteiger partial charge is 0.381 e. The van der Waals surface area contributed by atoms with Crippen molar-refractivity contribution < 1.29 is 4.74 Å². The fourth-order valence-corrected chi connectivity index (χ4v) is 2.86. The van der Waals surface area contributed by atoms with Crippen molar-refractivity contribution >= 4 is 0 Å². The first kappa shape index (κ1) is 12.3. The molecule has 2 atom stereocenters. The molecule has 2 fully saturated rings. The van der Waals surface area contributed by atoms with Gasteiger partial charge >= 0.3 is 0 Å². The number of rotatable bonds is 4. The maximum atomic E-state index is 5.92. The Bertz CT molecular complexity index is 196. The smallest absolute Gasteiger partial charge is 0.0509 e. The van der Waals surface area contributed by atoms with Crippen LogP contribution in [0.2, 0.25) is 0 Å². The van der Waals surface area contributed by atoms with Gasteiger partial charge < -0.3 is 15.8 Å². The van der Waals surface area contributed by atoms with Gasteiger partial charge in [-0.25, -0.2) is 0 Å². The molecular formula is C13H26N2O. The first-order valence-electron chi connectivity index (χ1n) is 6.82. The van der Waals surface area contributed by atoms with E-state index in [9.17, 15) is 0 Å². The Morgan fingerprint density at radius 3 is 2.62 bits per heavy atom. The Kier molecular flexibility index (Phi) is 4.62. The molecule has 3 N–H and O–H groups in total. The van der Waals surface area contributed by atoms with Crippen molar-refractivity contribution in [1.82, 2.24) is 5.32 Å². The van der Waals surface area contributed by atoms with Gasteiger partial charge in [0, 0.05) is 18.7 Å². The predicted molar refractivity (Wildman–Crippen MR) is 66.3 cm³/mol. The van der Waals surface area contributed by atoms with E-state index >= 15 is 0 Å². The summed E-state index contributed by atoms with van der Waals surface area (Å²) in [5, 5.41) is 3.69. The average Bonchev–Trinajstić information content (AvgIpc) is 2.81. The molecule has 0 radical (unpaired) electrons. The molecule has 2 aliphatic rings. The van der Waals surface area contributed by atoms with Crippen molar-refractivity contribution in [2.24, 2.45) is 17.6 Å². The molecule has 0 bridgehead atoms. The summed E-state index contributed by atoms with van der Waals surface area (Å²) in [7, 11) is 0. The molecule has 1 saturated heterocycles. The molecule has 94 valence electrons. The molecular weight excluding hydrogens is 200 g/mol. The van der Waals surface area contributed by atoms with Gasteiger partial charge in [-0.3, -0.25) is 0 Å². The van der Waals surface area contributed by atoms with Crippen LogP contribution in [0.3, 0.4) is 0 Å². The zero-order chi connectivity index (χ0) is 11.4. The highest BCUT2D eigenvalue weighted by Gasteiger charge is 2.24. The molecule has 3 heteroatoms. The van der Waals surface area contributed by atoms with Crippen molar-refractivity contribution in [3.63, 3.8) is 0 Å². The minimum Gasteiger partial charge on any atom is -0.381 e. The van der Waals surface area contributed by atoms with Gasteiger partial charge in [0.15, 0.2) is 0 Å². The van der Waals surface area contributed by atoms with E-state index in [-0.39, 0.29) is 0 Å². The van der Waals surface area contributed by atoms with Crippen LogP contribution in [0.5, 0.6) is 0 Å². The molecule has 1 aliphatic heterocycles. The number of ether oxygens (including phenoxy) is 1. The van der Waals surface area contributed by atoms with Crippen LogP contribution in [0.25, 0.3) is 0 Å². The molecule has 0 aromatic heterocycles. The summed E-state index contributed by atoms with van der Waals surface area (Å²) in [6.07, 6.45) is 6.27. The van der Waals surface area contributed by atoms with E-state index in [0.29, 0.717) is 12.1 Å². The Labute approximate surface area is 99.1 Å². The molecule has 16 heavy (non-hydrogen) atoms. The molecule has 0 spiro atoms. The highest BCUT2D eigenvalue weighted by atomic mass is 16.5. The third-order valence-electron chi connectivity index (χ3n) is 4.29. The van der Waals surface area contributed by atoms with Crippen LogP contribution in [-0.2, 0) is 4.74 Å². The van der Waals surface area contributed by atoms with Crippen molar-refractivity contribution in [2.75, 3.05) is 19.8 Å². The summed E-state index contributed by atoms with van der Waals surface area (Å²) in [5.74, 6) is 1.58. The van der Waals surface area contributed by atoms with Crippen LogP contribution < -0.4 is 11.1 Å². The lowest BCUT2D eigenvalue weighted by molar-refractivity contribution is 0.176. The van der Waals surface area contributed by atoms with Crippen LogP contribution in [0.1, 0.15) is 39.0 Å². The van der Waals surface area contributed by atoms with Gasteiger partial charge in [-0.15, -0.1) is 0 Å². The molecule has 1 aliphatic carbocycles. The normalized spacial score (nSPS) is 37.5. The number of nitrogens with two attached hydrogens (primary N) is 1. The highest BCUT2D eigenvalue weighted by Crippen LogP contribution is 2.23. The minimum absolute atomic E-state index is 0.469. The fraction of sp³-hybridized carbons (Fsp3) is 1.00. The van der Waals surface area contributed by atoms with E-state index in [2.05, 4.69) is 12.2 Å². The molecule has 0 aromatic rings. The maximum absolute atomic E-state index is 5.92. The van der Waals surface area contributed by atoms with Crippen molar-refractivity contribution in [3.05, 3.63) is 0 Å². The lowest BCUT2D eigenvalue weighted by Gasteiger charge is -2.28. The van der Waals surface area contributed by atoms with E-state index in [1.165, 1.54) is 38.6 Å². The SMILES string of the molecule is CC(NCC1CCC(N)CC1)C1CCOC1. The molecule has 1 heterocycles. The molecule has 0 amide bonds. The van der Waals surface area contributed by atoms with E-state index in [4.69, 9.17) is 10.5 Å².